The summed E-state index contributed by atoms with van der Waals surface area (Å²) in [6, 6.07) is 5.21. The predicted octanol–water partition coefficient (Wildman–Crippen LogP) is 4.01. The molecular formula is C25H26F3N7O2. The van der Waals surface area contributed by atoms with Crippen LogP contribution < -0.4 is 5.32 Å². The highest BCUT2D eigenvalue weighted by molar-refractivity contribution is 5.90. The number of nitrogens with zero attached hydrogens (tertiary/aromatic N) is 6. The van der Waals surface area contributed by atoms with Gasteiger partial charge in [-0.25, -0.2) is 23.1 Å². The lowest BCUT2D eigenvalue weighted by molar-refractivity contribution is -0.140. The lowest BCUT2D eigenvalue weighted by Gasteiger charge is -2.33. The normalized spacial score (nSPS) is 16.5. The van der Waals surface area contributed by atoms with E-state index in [1.807, 2.05) is 6.07 Å². The summed E-state index contributed by atoms with van der Waals surface area (Å²) in [5, 5.41) is 21.8. The molecule has 1 aliphatic rings. The van der Waals surface area contributed by atoms with Crippen molar-refractivity contribution in [3.05, 3.63) is 59.4 Å². The second-order valence-electron chi connectivity index (χ2n) is 9.28. The average Bonchev–Trinajstić information content (AvgIpc) is 3.38. The fraction of sp³-hybridized carbons (Fsp3) is 0.400. The minimum absolute atomic E-state index is 0.0693. The summed E-state index contributed by atoms with van der Waals surface area (Å²) >= 11 is 0. The molecule has 1 saturated heterocycles. The summed E-state index contributed by atoms with van der Waals surface area (Å²) in [5.74, 6) is -0.754. The minimum atomic E-state index is -2.92. The highest BCUT2D eigenvalue weighted by Gasteiger charge is 2.28. The third-order valence-corrected chi connectivity index (χ3v) is 6.91. The largest absolute Gasteiger partial charge is 0.384 e. The number of carbonyl (C=O) groups excluding carboxylic acids is 1. The molecule has 4 heterocycles. The number of likely N-dealkylation sites (tertiary alicyclic amines) is 1. The molecular weight excluding hydrogens is 487 g/mol. The van der Waals surface area contributed by atoms with E-state index < -0.39 is 30.0 Å². The Morgan fingerprint density at radius 1 is 1.14 bits per heavy atom. The fourth-order valence-corrected chi connectivity index (χ4v) is 4.96. The standard InChI is InChI=1S/C25H26F3N7O2/c1-13(16-4-3-5-17(20(16)26)21(27)28)32-22-19-10-18(15-6-8-34(9-7-15)25(37)14(2)36)24-33-31-12-35(24)23(19)30-11-29-22/h3-5,10-15,21,36H,6-9H2,1-2H3,(H,29,30,32)/t13-,14+/m1/s1. The van der Waals surface area contributed by atoms with Gasteiger partial charge in [0.2, 0.25) is 0 Å². The molecule has 1 amide bonds. The number of aliphatic hydroxyl groups is 1. The van der Waals surface area contributed by atoms with E-state index in [1.165, 1.54) is 25.4 Å². The molecule has 4 aromatic rings. The SMILES string of the molecule is C[C@H](O)C(=O)N1CCC(c2cc3c(N[C@H](C)c4cccc(C(F)F)c4F)ncnc3n3cnnc23)CC1. The van der Waals surface area contributed by atoms with Crippen LogP contribution in [0.4, 0.5) is 19.0 Å². The molecule has 12 heteroatoms. The van der Waals surface area contributed by atoms with E-state index >= 15 is 0 Å². The first-order valence-electron chi connectivity index (χ1n) is 12.0. The van der Waals surface area contributed by atoms with Gasteiger partial charge in [0, 0.05) is 24.2 Å². The summed E-state index contributed by atoms with van der Waals surface area (Å²) in [5.41, 5.74) is 1.54. The van der Waals surface area contributed by atoms with Crippen molar-refractivity contribution in [3.8, 4) is 0 Å². The van der Waals surface area contributed by atoms with Crippen LogP contribution in [0.3, 0.4) is 0 Å². The third kappa shape index (κ3) is 4.57. The van der Waals surface area contributed by atoms with Crippen molar-refractivity contribution in [1.29, 1.82) is 0 Å². The number of aliphatic hydroxyl groups excluding tert-OH is 1. The molecule has 0 aliphatic carbocycles. The summed E-state index contributed by atoms with van der Waals surface area (Å²) in [7, 11) is 0. The molecule has 37 heavy (non-hydrogen) atoms. The van der Waals surface area contributed by atoms with E-state index in [0.717, 1.165) is 11.6 Å². The number of hydrogen-bond acceptors (Lipinski definition) is 7. The first-order chi connectivity index (χ1) is 17.8. The Kier molecular flexibility index (Phi) is 6.67. The number of fused-ring (bicyclic) bond motifs is 3. The van der Waals surface area contributed by atoms with Gasteiger partial charge in [0.15, 0.2) is 11.3 Å². The Balaban J connectivity index is 1.50. The lowest BCUT2D eigenvalue weighted by atomic mass is 9.89. The number of rotatable bonds is 6. The van der Waals surface area contributed by atoms with Crippen LogP contribution >= 0.6 is 0 Å². The van der Waals surface area contributed by atoms with Gasteiger partial charge < -0.3 is 15.3 Å². The summed E-state index contributed by atoms with van der Waals surface area (Å²) in [6.07, 6.45) is 0.302. The van der Waals surface area contributed by atoms with Crippen LogP contribution in [0, 0.1) is 5.82 Å². The molecule has 0 radical (unpaired) electrons. The third-order valence-electron chi connectivity index (χ3n) is 6.91. The molecule has 5 rings (SSSR count). The zero-order valence-electron chi connectivity index (χ0n) is 20.3. The number of hydrogen-bond donors (Lipinski definition) is 2. The van der Waals surface area contributed by atoms with Crippen molar-refractivity contribution in [2.24, 2.45) is 0 Å². The monoisotopic (exact) mass is 513 g/mol. The Labute approximate surface area is 210 Å². The number of pyridine rings is 1. The number of nitrogens with one attached hydrogen (secondary N) is 1. The molecule has 0 spiro atoms. The molecule has 1 aliphatic heterocycles. The van der Waals surface area contributed by atoms with Crippen molar-refractivity contribution in [2.75, 3.05) is 18.4 Å². The molecule has 9 nitrogen and oxygen atoms in total. The maximum absolute atomic E-state index is 14.8. The summed E-state index contributed by atoms with van der Waals surface area (Å²) in [4.78, 5) is 22.6. The Morgan fingerprint density at radius 2 is 1.86 bits per heavy atom. The number of anilines is 1. The van der Waals surface area contributed by atoms with Crippen molar-refractivity contribution in [2.45, 2.75) is 51.2 Å². The maximum Gasteiger partial charge on any atom is 0.266 e. The van der Waals surface area contributed by atoms with Crippen LogP contribution in [0.15, 0.2) is 36.9 Å². The highest BCUT2D eigenvalue weighted by atomic mass is 19.3. The highest BCUT2D eigenvalue weighted by Crippen LogP contribution is 2.35. The van der Waals surface area contributed by atoms with E-state index in [1.54, 1.807) is 22.6 Å². The van der Waals surface area contributed by atoms with Gasteiger partial charge in [-0.15, -0.1) is 10.2 Å². The molecule has 0 saturated carbocycles. The molecule has 3 aromatic heterocycles. The zero-order chi connectivity index (χ0) is 26.3. The Morgan fingerprint density at radius 3 is 2.57 bits per heavy atom. The van der Waals surface area contributed by atoms with E-state index in [4.69, 9.17) is 0 Å². The Hall–Kier alpha value is -3.80. The van der Waals surface area contributed by atoms with Gasteiger partial charge in [-0.05, 0) is 38.7 Å². The molecule has 2 atom stereocenters. The van der Waals surface area contributed by atoms with E-state index in [-0.39, 0.29) is 17.4 Å². The van der Waals surface area contributed by atoms with E-state index in [0.29, 0.717) is 48.4 Å². The van der Waals surface area contributed by atoms with Gasteiger partial charge in [-0.3, -0.25) is 9.20 Å². The molecule has 194 valence electrons. The first kappa shape index (κ1) is 24.9. The van der Waals surface area contributed by atoms with Crippen molar-refractivity contribution in [1.82, 2.24) is 29.5 Å². The topological polar surface area (TPSA) is 109 Å². The smallest absolute Gasteiger partial charge is 0.266 e. The molecule has 1 aromatic carbocycles. The van der Waals surface area contributed by atoms with Gasteiger partial charge >= 0.3 is 0 Å². The van der Waals surface area contributed by atoms with E-state index in [9.17, 15) is 23.1 Å². The average molecular weight is 514 g/mol. The van der Waals surface area contributed by atoms with Crippen LogP contribution in [0.1, 0.15) is 61.8 Å². The van der Waals surface area contributed by atoms with Gasteiger partial charge in [0.25, 0.3) is 12.3 Å². The molecule has 2 N–H and O–H groups in total. The van der Waals surface area contributed by atoms with Crippen LogP contribution in [-0.4, -0.2) is 59.7 Å². The number of carbonyl (C=O) groups is 1. The second-order valence-corrected chi connectivity index (χ2v) is 9.28. The number of aromatic nitrogens is 5. The molecule has 1 fully saturated rings. The lowest BCUT2D eigenvalue weighted by Crippen LogP contribution is -2.42. The molecule has 0 unspecified atom stereocenters. The predicted molar refractivity (Wildman–Crippen MR) is 130 cm³/mol. The fourth-order valence-electron chi connectivity index (χ4n) is 4.96. The first-order valence-corrected chi connectivity index (χ1v) is 12.0. The summed E-state index contributed by atoms with van der Waals surface area (Å²) < 4.78 is 43.0. The minimum Gasteiger partial charge on any atom is -0.384 e. The number of halogens is 3. The van der Waals surface area contributed by atoms with Crippen LogP contribution in [0.25, 0.3) is 16.7 Å². The van der Waals surface area contributed by atoms with Crippen molar-refractivity contribution < 1.29 is 23.1 Å². The number of alkyl halides is 2. The maximum atomic E-state index is 14.8. The van der Waals surface area contributed by atoms with Crippen LogP contribution in [-0.2, 0) is 4.79 Å². The van der Waals surface area contributed by atoms with Gasteiger partial charge in [0.1, 0.15) is 30.4 Å². The molecule has 0 bridgehead atoms. The van der Waals surface area contributed by atoms with Gasteiger partial charge in [-0.1, -0.05) is 18.2 Å². The van der Waals surface area contributed by atoms with Gasteiger partial charge in [-0.2, -0.15) is 0 Å². The van der Waals surface area contributed by atoms with Crippen LogP contribution in [0.2, 0.25) is 0 Å². The van der Waals surface area contributed by atoms with E-state index in [2.05, 4.69) is 25.5 Å². The number of benzene rings is 1. The van der Waals surface area contributed by atoms with Crippen molar-refractivity contribution >= 4 is 28.4 Å². The summed E-state index contributed by atoms with van der Waals surface area (Å²) in [6.45, 7) is 4.14. The van der Waals surface area contributed by atoms with Crippen LogP contribution in [0.5, 0.6) is 0 Å². The second kappa shape index (κ2) is 9.92. The van der Waals surface area contributed by atoms with Gasteiger partial charge in [0.05, 0.1) is 17.0 Å². The zero-order valence-corrected chi connectivity index (χ0v) is 20.3. The Bertz CT molecular complexity index is 1450. The van der Waals surface area contributed by atoms with Crippen molar-refractivity contribution in [3.63, 3.8) is 0 Å². The number of piperidine rings is 1. The quantitative estimate of drug-likeness (QED) is 0.401. The number of amides is 1.